The third kappa shape index (κ3) is 4.80. The van der Waals surface area contributed by atoms with E-state index in [0.29, 0.717) is 6.04 Å². The highest BCUT2D eigenvalue weighted by Gasteiger charge is 2.04. The molecule has 0 radical (unpaired) electrons. The van der Waals surface area contributed by atoms with E-state index in [9.17, 15) is 0 Å². The predicted molar refractivity (Wildman–Crippen MR) is 91.1 cm³/mol. The Morgan fingerprint density at radius 3 is 2.57 bits per heavy atom. The van der Waals surface area contributed by atoms with Gasteiger partial charge in [-0.1, -0.05) is 31.2 Å². The van der Waals surface area contributed by atoms with Gasteiger partial charge < -0.3 is 10.1 Å². The van der Waals surface area contributed by atoms with Gasteiger partial charge in [-0.2, -0.15) is 0 Å². The van der Waals surface area contributed by atoms with Gasteiger partial charge in [-0.25, -0.2) is 0 Å². The van der Waals surface area contributed by atoms with Crippen molar-refractivity contribution < 1.29 is 4.74 Å². The first kappa shape index (κ1) is 15.9. The third-order valence-electron chi connectivity index (χ3n) is 3.43. The molecule has 21 heavy (non-hydrogen) atoms. The summed E-state index contributed by atoms with van der Waals surface area (Å²) < 4.78 is 5.26. The highest BCUT2D eigenvalue weighted by molar-refractivity contribution is 7.98. The van der Waals surface area contributed by atoms with E-state index in [4.69, 9.17) is 4.74 Å². The van der Waals surface area contributed by atoms with Gasteiger partial charge >= 0.3 is 0 Å². The Hall–Kier alpha value is -1.45. The summed E-state index contributed by atoms with van der Waals surface area (Å²) in [7, 11) is 1.70. The lowest BCUT2D eigenvalue weighted by Crippen LogP contribution is -2.17. The Morgan fingerprint density at radius 1 is 1.14 bits per heavy atom. The van der Waals surface area contributed by atoms with Crippen LogP contribution in [0.3, 0.4) is 0 Å². The lowest BCUT2D eigenvalue weighted by atomic mass is 10.1. The molecule has 0 aliphatic carbocycles. The van der Waals surface area contributed by atoms with Crippen LogP contribution in [0.2, 0.25) is 0 Å². The molecule has 0 aromatic heterocycles. The van der Waals surface area contributed by atoms with Gasteiger partial charge in [0.1, 0.15) is 5.75 Å². The van der Waals surface area contributed by atoms with Gasteiger partial charge in [-0.05, 0) is 48.9 Å². The molecule has 2 rings (SSSR count). The third-order valence-corrected chi connectivity index (χ3v) is 4.51. The average molecular weight is 301 g/mol. The molecule has 0 heterocycles. The summed E-state index contributed by atoms with van der Waals surface area (Å²) in [6, 6.07) is 17.5. The molecular weight excluding hydrogens is 278 g/mol. The van der Waals surface area contributed by atoms with Crippen LogP contribution in [0.1, 0.15) is 31.0 Å². The van der Waals surface area contributed by atoms with Gasteiger partial charge in [-0.3, -0.25) is 0 Å². The highest BCUT2D eigenvalue weighted by Crippen LogP contribution is 2.25. The summed E-state index contributed by atoms with van der Waals surface area (Å²) in [5, 5.41) is 3.43. The number of hydrogen-bond donors (Lipinski definition) is 1. The molecule has 0 saturated carbocycles. The standard InChI is InChI=1S/C18H23NOS/c1-4-19-14(2)16-8-10-18(11-9-16)21-13-15-6-5-7-17(12-15)20-3/h5-12,14,19H,4,13H2,1-3H3. The first-order valence-corrected chi connectivity index (χ1v) is 8.30. The van der Waals surface area contributed by atoms with Crippen LogP contribution >= 0.6 is 11.8 Å². The van der Waals surface area contributed by atoms with Crippen molar-refractivity contribution in [3.05, 3.63) is 59.7 Å². The second-order valence-corrected chi connectivity index (χ2v) is 6.04. The highest BCUT2D eigenvalue weighted by atomic mass is 32.2. The predicted octanol–water partition coefficient (Wildman–Crippen LogP) is 4.66. The fourth-order valence-corrected chi connectivity index (χ4v) is 3.05. The summed E-state index contributed by atoms with van der Waals surface area (Å²) in [4.78, 5) is 1.30. The van der Waals surface area contributed by atoms with Crippen LogP contribution in [-0.4, -0.2) is 13.7 Å². The monoisotopic (exact) mass is 301 g/mol. The zero-order valence-electron chi connectivity index (χ0n) is 12.9. The maximum atomic E-state index is 5.26. The van der Waals surface area contributed by atoms with Gasteiger partial charge in [0.2, 0.25) is 0 Å². The van der Waals surface area contributed by atoms with Gasteiger partial charge in [0.25, 0.3) is 0 Å². The largest absolute Gasteiger partial charge is 0.497 e. The van der Waals surface area contributed by atoms with Gasteiger partial charge in [0.05, 0.1) is 7.11 Å². The number of nitrogens with one attached hydrogen (secondary N) is 1. The maximum absolute atomic E-state index is 5.26. The number of benzene rings is 2. The topological polar surface area (TPSA) is 21.3 Å². The Kier molecular flexibility index (Phi) is 6.15. The molecule has 0 amide bonds. The van der Waals surface area contributed by atoms with Crippen LogP contribution in [0.15, 0.2) is 53.4 Å². The van der Waals surface area contributed by atoms with Crippen molar-refractivity contribution in [2.24, 2.45) is 0 Å². The van der Waals surface area contributed by atoms with Gasteiger partial charge in [-0.15, -0.1) is 11.8 Å². The van der Waals surface area contributed by atoms with Crippen molar-refractivity contribution in [3.63, 3.8) is 0 Å². The summed E-state index contributed by atoms with van der Waals surface area (Å²) >= 11 is 1.85. The number of ether oxygens (including phenoxy) is 1. The van der Waals surface area contributed by atoms with E-state index < -0.39 is 0 Å². The second-order valence-electron chi connectivity index (χ2n) is 4.99. The van der Waals surface area contributed by atoms with E-state index in [1.54, 1.807) is 7.11 Å². The minimum Gasteiger partial charge on any atom is -0.497 e. The summed E-state index contributed by atoms with van der Waals surface area (Å²) in [5.74, 6) is 1.88. The van der Waals surface area contributed by atoms with Crippen molar-refractivity contribution in [3.8, 4) is 5.75 Å². The van der Waals surface area contributed by atoms with E-state index in [1.165, 1.54) is 16.0 Å². The summed E-state index contributed by atoms with van der Waals surface area (Å²) in [5.41, 5.74) is 2.62. The molecule has 2 aromatic rings. The summed E-state index contributed by atoms with van der Waals surface area (Å²) in [6.07, 6.45) is 0. The van der Waals surface area contributed by atoms with E-state index in [0.717, 1.165) is 18.0 Å². The molecule has 0 spiro atoms. The molecule has 2 aromatic carbocycles. The van der Waals surface area contributed by atoms with E-state index in [2.05, 4.69) is 55.6 Å². The Labute approximate surface area is 131 Å². The first-order valence-electron chi connectivity index (χ1n) is 7.32. The lowest BCUT2D eigenvalue weighted by molar-refractivity contribution is 0.414. The molecule has 0 aliphatic rings. The molecule has 112 valence electrons. The van der Waals surface area contributed by atoms with Crippen molar-refractivity contribution in [1.29, 1.82) is 0 Å². The van der Waals surface area contributed by atoms with Gasteiger partial charge in [0.15, 0.2) is 0 Å². The smallest absolute Gasteiger partial charge is 0.119 e. The Bertz CT molecular complexity index is 553. The molecule has 0 saturated heterocycles. The van der Waals surface area contributed by atoms with Crippen LogP contribution in [0.5, 0.6) is 5.75 Å². The molecular formula is C18H23NOS. The molecule has 0 aliphatic heterocycles. The number of hydrogen-bond acceptors (Lipinski definition) is 3. The van der Waals surface area contributed by atoms with Crippen molar-refractivity contribution in [1.82, 2.24) is 5.32 Å². The fourth-order valence-electron chi connectivity index (χ4n) is 2.21. The van der Waals surface area contributed by atoms with Crippen molar-refractivity contribution in [2.45, 2.75) is 30.5 Å². The van der Waals surface area contributed by atoms with Crippen LogP contribution in [0, 0.1) is 0 Å². The quantitative estimate of drug-likeness (QED) is 0.752. The number of thioether (sulfide) groups is 1. The minimum absolute atomic E-state index is 0.410. The molecule has 1 unspecified atom stereocenters. The average Bonchev–Trinajstić information content (AvgIpc) is 2.54. The molecule has 0 fully saturated rings. The molecule has 3 heteroatoms. The lowest BCUT2D eigenvalue weighted by Gasteiger charge is -2.13. The number of rotatable bonds is 7. The SMILES string of the molecule is CCNC(C)c1ccc(SCc2cccc(OC)c2)cc1. The Balaban J connectivity index is 1.94. The maximum Gasteiger partial charge on any atom is 0.119 e. The van der Waals surface area contributed by atoms with E-state index >= 15 is 0 Å². The van der Waals surface area contributed by atoms with Crippen LogP contribution in [0.4, 0.5) is 0 Å². The second kappa shape index (κ2) is 8.11. The molecule has 1 N–H and O–H groups in total. The van der Waals surface area contributed by atoms with Crippen LogP contribution in [-0.2, 0) is 5.75 Å². The molecule has 1 atom stereocenters. The first-order chi connectivity index (χ1) is 10.2. The minimum atomic E-state index is 0.410. The zero-order valence-corrected chi connectivity index (χ0v) is 13.7. The molecule has 2 nitrogen and oxygen atoms in total. The van der Waals surface area contributed by atoms with Crippen molar-refractivity contribution in [2.75, 3.05) is 13.7 Å². The summed E-state index contributed by atoms with van der Waals surface area (Å²) in [6.45, 7) is 5.32. The van der Waals surface area contributed by atoms with Crippen LogP contribution in [0.25, 0.3) is 0 Å². The van der Waals surface area contributed by atoms with E-state index in [1.807, 2.05) is 23.9 Å². The van der Waals surface area contributed by atoms with Gasteiger partial charge in [0, 0.05) is 16.7 Å². The zero-order chi connectivity index (χ0) is 15.1. The van der Waals surface area contributed by atoms with Crippen molar-refractivity contribution >= 4 is 11.8 Å². The van der Waals surface area contributed by atoms with Crippen LogP contribution < -0.4 is 10.1 Å². The molecule has 0 bridgehead atoms. The van der Waals surface area contributed by atoms with E-state index in [-0.39, 0.29) is 0 Å². The Morgan fingerprint density at radius 2 is 1.90 bits per heavy atom. The number of methoxy groups -OCH3 is 1. The normalized spacial score (nSPS) is 12.1. The fraction of sp³-hybridized carbons (Fsp3) is 0.333.